The monoisotopic (exact) mass is 261 g/mol. The van der Waals surface area contributed by atoms with Crippen LogP contribution in [0.1, 0.15) is 15.9 Å². The van der Waals surface area contributed by atoms with E-state index in [1.165, 1.54) is 0 Å². The second-order valence-electron chi connectivity index (χ2n) is 3.94. The van der Waals surface area contributed by atoms with Crippen molar-refractivity contribution in [3.8, 4) is 0 Å². The molecule has 2 rings (SSSR count). The summed E-state index contributed by atoms with van der Waals surface area (Å²) in [4.78, 5) is 18.1. The molecule has 0 unspecified atom stereocenters. The van der Waals surface area contributed by atoms with Crippen LogP contribution in [0.4, 0.5) is 5.82 Å². The Morgan fingerprint density at radius 1 is 1.50 bits per heavy atom. The lowest BCUT2D eigenvalue weighted by molar-refractivity contribution is 0.0786. The van der Waals surface area contributed by atoms with Gasteiger partial charge < -0.3 is 10.2 Å². The minimum Gasteiger partial charge on any atom is -0.372 e. The standard InChI is InChI=1S/C13H15N3OS/c1-14-12-11(4-3-6-15-12)13(17)16(2)8-10-5-7-18-9-10/h3-7,9H,8H2,1-2H3,(H,14,15). The van der Waals surface area contributed by atoms with Crippen LogP contribution in [0.2, 0.25) is 0 Å². The van der Waals surface area contributed by atoms with Crippen molar-refractivity contribution in [1.82, 2.24) is 9.88 Å². The van der Waals surface area contributed by atoms with Crippen molar-refractivity contribution < 1.29 is 4.79 Å². The SMILES string of the molecule is CNc1ncccc1C(=O)N(C)Cc1ccsc1. The summed E-state index contributed by atoms with van der Waals surface area (Å²) in [7, 11) is 3.56. The molecule has 1 N–H and O–H groups in total. The van der Waals surface area contributed by atoms with Crippen LogP contribution in [0.3, 0.4) is 0 Å². The summed E-state index contributed by atoms with van der Waals surface area (Å²) < 4.78 is 0. The number of hydrogen-bond acceptors (Lipinski definition) is 4. The Kier molecular flexibility index (Phi) is 3.94. The van der Waals surface area contributed by atoms with Gasteiger partial charge in [0.25, 0.3) is 5.91 Å². The third kappa shape index (κ3) is 2.68. The highest BCUT2D eigenvalue weighted by Gasteiger charge is 2.16. The van der Waals surface area contributed by atoms with Crippen molar-refractivity contribution >= 4 is 23.1 Å². The zero-order valence-electron chi connectivity index (χ0n) is 10.4. The Labute approximate surface area is 110 Å². The topological polar surface area (TPSA) is 45.2 Å². The maximum Gasteiger partial charge on any atom is 0.257 e. The van der Waals surface area contributed by atoms with E-state index in [1.807, 2.05) is 16.8 Å². The van der Waals surface area contributed by atoms with E-state index in [1.54, 1.807) is 48.7 Å². The number of pyridine rings is 1. The quantitative estimate of drug-likeness (QED) is 0.919. The lowest BCUT2D eigenvalue weighted by Crippen LogP contribution is -2.26. The number of anilines is 1. The first kappa shape index (κ1) is 12.6. The number of nitrogens with zero attached hydrogens (tertiary/aromatic N) is 2. The van der Waals surface area contributed by atoms with Crippen LogP contribution in [0.5, 0.6) is 0 Å². The fraction of sp³-hybridized carbons (Fsp3) is 0.231. The van der Waals surface area contributed by atoms with E-state index < -0.39 is 0 Å². The Morgan fingerprint density at radius 3 is 3.00 bits per heavy atom. The molecular weight excluding hydrogens is 246 g/mol. The largest absolute Gasteiger partial charge is 0.372 e. The number of hydrogen-bond donors (Lipinski definition) is 1. The van der Waals surface area contributed by atoms with Gasteiger partial charge in [-0.1, -0.05) is 0 Å². The maximum absolute atomic E-state index is 12.3. The molecule has 0 saturated carbocycles. The zero-order chi connectivity index (χ0) is 13.0. The van der Waals surface area contributed by atoms with Crippen molar-refractivity contribution in [2.24, 2.45) is 0 Å². The second kappa shape index (κ2) is 5.64. The lowest BCUT2D eigenvalue weighted by atomic mass is 10.2. The number of carbonyl (C=O) groups is 1. The molecule has 18 heavy (non-hydrogen) atoms. The van der Waals surface area contributed by atoms with Crippen LogP contribution in [0, 0.1) is 0 Å². The number of aromatic nitrogens is 1. The van der Waals surface area contributed by atoms with Crippen molar-refractivity contribution in [3.63, 3.8) is 0 Å². The van der Waals surface area contributed by atoms with E-state index in [2.05, 4.69) is 10.3 Å². The molecule has 0 saturated heterocycles. The molecule has 2 heterocycles. The number of amides is 1. The van der Waals surface area contributed by atoms with Crippen molar-refractivity contribution in [1.29, 1.82) is 0 Å². The van der Waals surface area contributed by atoms with Crippen LogP contribution in [0.25, 0.3) is 0 Å². The molecule has 0 bridgehead atoms. The molecule has 0 radical (unpaired) electrons. The fourth-order valence-electron chi connectivity index (χ4n) is 1.71. The molecule has 2 aromatic rings. The fourth-order valence-corrected chi connectivity index (χ4v) is 2.37. The highest BCUT2D eigenvalue weighted by molar-refractivity contribution is 7.07. The summed E-state index contributed by atoms with van der Waals surface area (Å²) in [6.45, 7) is 0.611. The molecule has 0 aromatic carbocycles. The molecule has 0 aliphatic rings. The third-order valence-electron chi connectivity index (χ3n) is 2.62. The van der Waals surface area contributed by atoms with Crippen LogP contribution in [-0.2, 0) is 6.54 Å². The Morgan fingerprint density at radius 2 is 2.33 bits per heavy atom. The molecule has 0 aliphatic heterocycles. The Bertz CT molecular complexity index is 525. The van der Waals surface area contributed by atoms with Gasteiger partial charge in [0.15, 0.2) is 0 Å². The molecule has 1 amide bonds. The van der Waals surface area contributed by atoms with E-state index in [0.717, 1.165) is 5.56 Å². The summed E-state index contributed by atoms with van der Waals surface area (Å²) >= 11 is 1.63. The highest BCUT2D eigenvalue weighted by atomic mass is 32.1. The number of thiophene rings is 1. The predicted octanol–water partition coefficient (Wildman–Crippen LogP) is 2.46. The molecule has 5 heteroatoms. The smallest absolute Gasteiger partial charge is 0.257 e. The molecule has 0 fully saturated rings. The highest BCUT2D eigenvalue weighted by Crippen LogP contribution is 2.15. The van der Waals surface area contributed by atoms with Gasteiger partial charge in [0.05, 0.1) is 5.56 Å². The van der Waals surface area contributed by atoms with Gasteiger partial charge in [-0.05, 0) is 34.5 Å². The number of carbonyl (C=O) groups excluding carboxylic acids is 1. The Hall–Kier alpha value is -1.88. The summed E-state index contributed by atoms with van der Waals surface area (Å²) in [5.74, 6) is 0.582. The molecular formula is C13H15N3OS. The van der Waals surface area contributed by atoms with Crippen molar-refractivity contribution in [2.75, 3.05) is 19.4 Å². The van der Waals surface area contributed by atoms with Crippen LogP contribution in [0.15, 0.2) is 35.2 Å². The minimum atomic E-state index is -0.0290. The molecule has 94 valence electrons. The van der Waals surface area contributed by atoms with Crippen molar-refractivity contribution in [2.45, 2.75) is 6.54 Å². The first-order valence-electron chi connectivity index (χ1n) is 5.61. The summed E-state index contributed by atoms with van der Waals surface area (Å²) in [6.07, 6.45) is 1.67. The van der Waals surface area contributed by atoms with E-state index in [-0.39, 0.29) is 5.91 Å². The average Bonchev–Trinajstić information content (AvgIpc) is 2.90. The van der Waals surface area contributed by atoms with Gasteiger partial charge >= 0.3 is 0 Å². The summed E-state index contributed by atoms with van der Waals surface area (Å²) in [6, 6.07) is 5.58. The van der Waals surface area contributed by atoms with Gasteiger partial charge in [0.1, 0.15) is 5.82 Å². The summed E-state index contributed by atoms with van der Waals surface area (Å²) in [5.41, 5.74) is 1.74. The van der Waals surface area contributed by atoms with E-state index in [4.69, 9.17) is 0 Å². The minimum absolute atomic E-state index is 0.0290. The van der Waals surface area contributed by atoms with Gasteiger partial charge in [-0.2, -0.15) is 11.3 Å². The van der Waals surface area contributed by atoms with Gasteiger partial charge in [-0.3, -0.25) is 4.79 Å². The Balaban J connectivity index is 2.15. The van der Waals surface area contributed by atoms with Crippen LogP contribution < -0.4 is 5.32 Å². The first-order chi connectivity index (χ1) is 8.72. The molecule has 0 spiro atoms. The van der Waals surface area contributed by atoms with E-state index in [0.29, 0.717) is 17.9 Å². The summed E-state index contributed by atoms with van der Waals surface area (Å²) in [5, 5.41) is 6.99. The second-order valence-corrected chi connectivity index (χ2v) is 4.72. The third-order valence-corrected chi connectivity index (χ3v) is 3.35. The number of rotatable bonds is 4. The van der Waals surface area contributed by atoms with Crippen LogP contribution >= 0.6 is 11.3 Å². The molecule has 0 atom stereocenters. The first-order valence-corrected chi connectivity index (χ1v) is 6.56. The van der Waals surface area contributed by atoms with Gasteiger partial charge in [0.2, 0.25) is 0 Å². The average molecular weight is 261 g/mol. The van der Waals surface area contributed by atoms with E-state index in [9.17, 15) is 4.79 Å². The van der Waals surface area contributed by atoms with Gasteiger partial charge in [-0.25, -0.2) is 4.98 Å². The van der Waals surface area contributed by atoms with Crippen molar-refractivity contribution in [3.05, 3.63) is 46.3 Å². The zero-order valence-corrected chi connectivity index (χ0v) is 11.2. The van der Waals surface area contributed by atoms with Gasteiger partial charge in [0, 0.05) is 26.8 Å². The lowest BCUT2D eigenvalue weighted by Gasteiger charge is -2.17. The predicted molar refractivity (Wildman–Crippen MR) is 73.9 cm³/mol. The van der Waals surface area contributed by atoms with Crippen LogP contribution in [-0.4, -0.2) is 29.9 Å². The molecule has 4 nitrogen and oxygen atoms in total. The molecule has 0 aliphatic carbocycles. The van der Waals surface area contributed by atoms with Gasteiger partial charge in [-0.15, -0.1) is 0 Å². The normalized spacial score (nSPS) is 10.1. The molecule has 2 aromatic heterocycles. The maximum atomic E-state index is 12.3. The number of nitrogens with one attached hydrogen (secondary N) is 1. The van der Waals surface area contributed by atoms with E-state index >= 15 is 0 Å².